The monoisotopic (exact) mass is 517 g/mol. The molecule has 0 aromatic heterocycles. The number of nitrogens with one attached hydrogen (secondary N) is 1. The van der Waals surface area contributed by atoms with Crippen LogP contribution in [-0.2, 0) is 26.2 Å². The van der Waals surface area contributed by atoms with Crippen molar-refractivity contribution < 1.29 is 22.4 Å². The van der Waals surface area contributed by atoms with Crippen LogP contribution in [0.15, 0.2) is 48.5 Å². The lowest BCUT2D eigenvalue weighted by molar-refractivity contribution is -0.140. The Balaban J connectivity index is 1.91. The third kappa shape index (κ3) is 7.29. The highest BCUT2D eigenvalue weighted by Gasteiger charge is 2.33. The number of carbonyl (C=O) groups excluding carboxylic acids is 2. The van der Waals surface area contributed by atoms with E-state index in [1.54, 1.807) is 0 Å². The van der Waals surface area contributed by atoms with Gasteiger partial charge in [0.2, 0.25) is 21.8 Å². The Bertz CT molecular complexity index is 1150. The highest BCUT2D eigenvalue weighted by Crippen LogP contribution is 2.23. The minimum Gasteiger partial charge on any atom is -0.352 e. The van der Waals surface area contributed by atoms with Gasteiger partial charge in [0.15, 0.2) is 0 Å². The number of halogens is 1. The standard InChI is InChI=1S/C27H36FN3O4S/c1-4-24(27(33)29-22-10-6-5-7-11-22)30(18-21-16-14-20(2)15-17-21)26(32)19-31(36(3,34)35)25-13-9-8-12-23(25)28/h8-9,12-17,22,24H,4-7,10-11,18-19H2,1-3H3,(H,29,33)/t24-/m0/s1. The van der Waals surface area contributed by atoms with Crippen LogP contribution in [-0.4, -0.2) is 50.0 Å². The van der Waals surface area contributed by atoms with E-state index in [1.807, 2.05) is 38.1 Å². The van der Waals surface area contributed by atoms with Crippen molar-refractivity contribution in [3.63, 3.8) is 0 Å². The molecule has 1 fully saturated rings. The number of hydrogen-bond acceptors (Lipinski definition) is 4. The van der Waals surface area contributed by atoms with Crippen LogP contribution in [0.2, 0.25) is 0 Å². The van der Waals surface area contributed by atoms with Crippen molar-refractivity contribution in [1.29, 1.82) is 0 Å². The lowest BCUT2D eigenvalue weighted by Gasteiger charge is -2.34. The maximum Gasteiger partial charge on any atom is 0.244 e. The van der Waals surface area contributed by atoms with E-state index in [9.17, 15) is 22.4 Å². The molecule has 0 spiro atoms. The quantitative estimate of drug-likeness (QED) is 0.513. The number of sulfonamides is 1. The zero-order chi connectivity index (χ0) is 26.3. The SMILES string of the molecule is CC[C@@H](C(=O)NC1CCCCC1)N(Cc1ccc(C)cc1)C(=O)CN(c1ccccc1F)S(C)(=O)=O. The van der Waals surface area contributed by atoms with Gasteiger partial charge in [-0.05, 0) is 43.9 Å². The molecule has 0 radical (unpaired) electrons. The largest absolute Gasteiger partial charge is 0.352 e. The molecule has 2 aromatic rings. The van der Waals surface area contributed by atoms with Crippen molar-refractivity contribution in [2.45, 2.75) is 71.0 Å². The lowest BCUT2D eigenvalue weighted by atomic mass is 9.95. The van der Waals surface area contributed by atoms with Crippen molar-refractivity contribution in [1.82, 2.24) is 10.2 Å². The van der Waals surface area contributed by atoms with Crippen LogP contribution in [0.5, 0.6) is 0 Å². The van der Waals surface area contributed by atoms with Gasteiger partial charge in [0, 0.05) is 12.6 Å². The molecule has 1 N–H and O–H groups in total. The van der Waals surface area contributed by atoms with E-state index in [-0.39, 0.29) is 24.2 Å². The number of hydrogen-bond donors (Lipinski definition) is 1. The van der Waals surface area contributed by atoms with Crippen LogP contribution in [0, 0.1) is 12.7 Å². The fraction of sp³-hybridized carbons (Fsp3) is 0.481. The topological polar surface area (TPSA) is 86.8 Å². The Kier molecular flexibility index (Phi) is 9.48. The zero-order valence-electron chi connectivity index (χ0n) is 21.2. The molecule has 2 aromatic carbocycles. The predicted molar refractivity (Wildman–Crippen MR) is 139 cm³/mol. The molecule has 36 heavy (non-hydrogen) atoms. The second-order valence-corrected chi connectivity index (χ2v) is 11.4. The van der Waals surface area contributed by atoms with Crippen molar-refractivity contribution >= 4 is 27.5 Å². The molecule has 1 aliphatic rings. The Morgan fingerprint density at radius 3 is 2.28 bits per heavy atom. The molecule has 0 unspecified atom stereocenters. The van der Waals surface area contributed by atoms with Gasteiger partial charge in [-0.1, -0.05) is 68.1 Å². The molecule has 7 nitrogen and oxygen atoms in total. The molecule has 196 valence electrons. The first-order valence-corrected chi connectivity index (χ1v) is 14.3. The molecule has 0 heterocycles. The van der Waals surface area contributed by atoms with Crippen molar-refractivity contribution in [2.75, 3.05) is 17.1 Å². The molecule has 0 aliphatic heterocycles. The molecule has 2 amide bonds. The number of rotatable bonds is 10. The summed E-state index contributed by atoms with van der Waals surface area (Å²) in [5.41, 5.74) is 1.67. The average molecular weight is 518 g/mol. The fourth-order valence-corrected chi connectivity index (χ4v) is 5.45. The van der Waals surface area contributed by atoms with Crippen molar-refractivity contribution in [3.8, 4) is 0 Å². The molecule has 0 bridgehead atoms. The van der Waals surface area contributed by atoms with Gasteiger partial charge >= 0.3 is 0 Å². The second-order valence-electron chi connectivity index (χ2n) is 9.50. The summed E-state index contributed by atoms with van der Waals surface area (Å²) in [4.78, 5) is 28.4. The van der Waals surface area contributed by atoms with Gasteiger partial charge in [-0.15, -0.1) is 0 Å². The van der Waals surface area contributed by atoms with Crippen LogP contribution >= 0.6 is 0 Å². The fourth-order valence-electron chi connectivity index (χ4n) is 4.60. The van der Waals surface area contributed by atoms with E-state index < -0.39 is 34.3 Å². The third-order valence-electron chi connectivity index (χ3n) is 6.61. The van der Waals surface area contributed by atoms with E-state index in [2.05, 4.69) is 5.32 Å². The van der Waals surface area contributed by atoms with Gasteiger partial charge < -0.3 is 10.2 Å². The van der Waals surface area contributed by atoms with Gasteiger partial charge in [0.1, 0.15) is 18.4 Å². The molecule has 9 heteroatoms. The minimum absolute atomic E-state index is 0.0718. The van der Waals surface area contributed by atoms with Gasteiger partial charge in [-0.2, -0.15) is 0 Å². The number of nitrogens with zero attached hydrogens (tertiary/aromatic N) is 2. The normalized spacial score (nSPS) is 15.2. The smallest absolute Gasteiger partial charge is 0.244 e. The van der Waals surface area contributed by atoms with Gasteiger partial charge in [0.05, 0.1) is 11.9 Å². The van der Waals surface area contributed by atoms with Crippen LogP contribution < -0.4 is 9.62 Å². The van der Waals surface area contributed by atoms with E-state index in [4.69, 9.17) is 0 Å². The van der Waals surface area contributed by atoms with Crippen molar-refractivity contribution in [3.05, 3.63) is 65.5 Å². The highest BCUT2D eigenvalue weighted by atomic mass is 32.2. The van der Waals surface area contributed by atoms with E-state index in [0.717, 1.165) is 59.9 Å². The summed E-state index contributed by atoms with van der Waals surface area (Å²) >= 11 is 0. The number of aryl methyl sites for hydroxylation is 1. The summed E-state index contributed by atoms with van der Waals surface area (Å²) in [7, 11) is -3.98. The van der Waals surface area contributed by atoms with Crippen LogP contribution in [0.25, 0.3) is 0 Å². The van der Waals surface area contributed by atoms with Gasteiger partial charge in [-0.25, -0.2) is 12.8 Å². The maximum atomic E-state index is 14.5. The average Bonchev–Trinajstić information content (AvgIpc) is 2.84. The number of para-hydroxylation sites is 1. The number of carbonyl (C=O) groups is 2. The molecule has 0 saturated heterocycles. The first-order chi connectivity index (χ1) is 17.1. The summed E-state index contributed by atoms with van der Waals surface area (Å²) < 4.78 is 40.5. The summed E-state index contributed by atoms with van der Waals surface area (Å²) in [5, 5.41) is 3.10. The lowest BCUT2D eigenvalue weighted by Crippen LogP contribution is -2.54. The van der Waals surface area contributed by atoms with Crippen LogP contribution in [0.3, 0.4) is 0 Å². The van der Waals surface area contributed by atoms with Crippen LogP contribution in [0.4, 0.5) is 10.1 Å². The Hall–Kier alpha value is -2.94. The minimum atomic E-state index is -3.98. The zero-order valence-corrected chi connectivity index (χ0v) is 22.1. The predicted octanol–water partition coefficient (Wildman–Crippen LogP) is 4.16. The second kappa shape index (κ2) is 12.3. The summed E-state index contributed by atoms with van der Waals surface area (Å²) in [5.74, 6) is -1.57. The van der Waals surface area contributed by atoms with E-state index in [1.165, 1.54) is 23.1 Å². The van der Waals surface area contributed by atoms with Gasteiger partial charge in [0.25, 0.3) is 0 Å². The first kappa shape index (κ1) is 27.6. The Labute approximate surface area is 213 Å². The molecule has 1 saturated carbocycles. The van der Waals surface area contributed by atoms with Crippen molar-refractivity contribution in [2.24, 2.45) is 0 Å². The summed E-state index contributed by atoms with van der Waals surface area (Å²) in [6.45, 7) is 3.30. The summed E-state index contributed by atoms with van der Waals surface area (Å²) in [6.07, 6.45) is 6.36. The van der Waals surface area contributed by atoms with Gasteiger partial charge in [-0.3, -0.25) is 13.9 Å². The Morgan fingerprint density at radius 1 is 1.06 bits per heavy atom. The molecule has 3 rings (SSSR count). The Morgan fingerprint density at radius 2 is 1.69 bits per heavy atom. The molecular weight excluding hydrogens is 481 g/mol. The van der Waals surface area contributed by atoms with E-state index >= 15 is 0 Å². The number of benzene rings is 2. The highest BCUT2D eigenvalue weighted by molar-refractivity contribution is 7.92. The first-order valence-electron chi connectivity index (χ1n) is 12.5. The molecule has 1 atom stereocenters. The maximum absolute atomic E-state index is 14.5. The van der Waals surface area contributed by atoms with E-state index in [0.29, 0.717) is 6.42 Å². The number of amides is 2. The molecule has 1 aliphatic carbocycles. The van der Waals surface area contributed by atoms with Crippen LogP contribution in [0.1, 0.15) is 56.6 Å². The third-order valence-corrected chi connectivity index (χ3v) is 7.74. The number of anilines is 1. The molecular formula is C27H36FN3O4S. The summed E-state index contributed by atoms with van der Waals surface area (Å²) in [6, 6.07) is 12.3.